The summed E-state index contributed by atoms with van der Waals surface area (Å²) >= 11 is 0. The maximum absolute atomic E-state index is 6.10. The van der Waals surface area contributed by atoms with E-state index in [1.165, 1.54) is 0 Å². The van der Waals surface area contributed by atoms with Gasteiger partial charge in [-0.15, -0.1) is 0 Å². The van der Waals surface area contributed by atoms with E-state index in [0.717, 1.165) is 22.9 Å². The summed E-state index contributed by atoms with van der Waals surface area (Å²) in [4.78, 5) is 4.26. The molecule has 0 saturated heterocycles. The summed E-state index contributed by atoms with van der Waals surface area (Å²) in [6.45, 7) is 4.81. The third-order valence-electron chi connectivity index (χ3n) is 2.82. The van der Waals surface area contributed by atoms with Crippen molar-refractivity contribution in [3.05, 3.63) is 35.8 Å². The largest absolute Gasteiger partial charge is 0.394 e. The predicted octanol–water partition coefficient (Wildman–Crippen LogP) is 2.13. The molecule has 5 nitrogen and oxygen atoms in total. The molecule has 5 heteroatoms. The molecule has 0 bridgehead atoms. The molecule has 2 aromatic heterocycles. The Labute approximate surface area is 107 Å². The van der Waals surface area contributed by atoms with Gasteiger partial charge in [0.25, 0.3) is 0 Å². The van der Waals surface area contributed by atoms with E-state index in [9.17, 15) is 0 Å². The minimum absolute atomic E-state index is 0.321. The number of nitrogens with two attached hydrogens (primary N) is 1. The summed E-state index contributed by atoms with van der Waals surface area (Å²) in [5, 5.41) is 7.72. The molecule has 0 amide bonds. The normalized spacial score (nSPS) is 10.9. The molecule has 0 atom stereocenters. The molecule has 0 radical (unpaired) electrons. The standard InChI is InChI=1S/C13H19N5/c1-9(2)12-11(14)13(18(3)17-12)16-8-10-6-4-5-7-15-10/h4-7,9,16H,8,14H2,1-3H3. The number of pyridine rings is 1. The van der Waals surface area contributed by atoms with Crippen LogP contribution < -0.4 is 11.1 Å². The van der Waals surface area contributed by atoms with Crippen LogP contribution in [0.1, 0.15) is 31.2 Å². The molecule has 0 aromatic carbocycles. The average molecular weight is 245 g/mol. The molecule has 0 spiro atoms. The molecule has 18 heavy (non-hydrogen) atoms. The van der Waals surface area contributed by atoms with Crippen molar-refractivity contribution in [2.24, 2.45) is 7.05 Å². The molecule has 0 aliphatic rings. The average Bonchev–Trinajstić information content (AvgIpc) is 2.64. The molecule has 0 aliphatic carbocycles. The zero-order valence-electron chi connectivity index (χ0n) is 11.0. The van der Waals surface area contributed by atoms with Crippen LogP contribution in [0.3, 0.4) is 0 Å². The van der Waals surface area contributed by atoms with Crippen LogP contribution >= 0.6 is 0 Å². The molecule has 2 heterocycles. The minimum atomic E-state index is 0.321. The Morgan fingerprint density at radius 1 is 1.39 bits per heavy atom. The summed E-state index contributed by atoms with van der Waals surface area (Å²) in [6, 6.07) is 5.85. The van der Waals surface area contributed by atoms with Gasteiger partial charge in [0, 0.05) is 13.2 Å². The minimum Gasteiger partial charge on any atom is -0.394 e. The summed E-state index contributed by atoms with van der Waals surface area (Å²) < 4.78 is 1.79. The van der Waals surface area contributed by atoms with E-state index in [4.69, 9.17) is 5.73 Å². The maximum atomic E-state index is 6.10. The van der Waals surface area contributed by atoms with Crippen LogP contribution in [0.5, 0.6) is 0 Å². The Bertz CT molecular complexity index is 516. The van der Waals surface area contributed by atoms with Gasteiger partial charge in [0.2, 0.25) is 0 Å². The molecule has 0 unspecified atom stereocenters. The van der Waals surface area contributed by atoms with Crippen molar-refractivity contribution >= 4 is 11.5 Å². The first-order chi connectivity index (χ1) is 8.59. The lowest BCUT2D eigenvalue weighted by Crippen LogP contribution is -2.07. The summed E-state index contributed by atoms with van der Waals surface area (Å²) in [7, 11) is 1.89. The van der Waals surface area contributed by atoms with E-state index in [-0.39, 0.29) is 0 Å². The maximum Gasteiger partial charge on any atom is 0.148 e. The highest BCUT2D eigenvalue weighted by atomic mass is 15.3. The number of hydrogen-bond donors (Lipinski definition) is 2. The van der Waals surface area contributed by atoms with Gasteiger partial charge < -0.3 is 11.1 Å². The molecule has 2 rings (SSSR count). The Morgan fingerprint density at radius 3 is 2.72 bits per heavy atom. The fourth-order valence-electron chi connectivity index (χ4n) is 1.87. The van der Waals surface area contributed by atoms with Crippen molar-refractivity contribution in [3.8, 4) is 0 Å². The van der Waals surface area contributed by atoms with Crippen molar-refractivity contribution in [1.29, 1.82) is 0 Å². The van der Waals surface area contributed by atoms with Crippen LogP contribution in [0.15, 0.2) is 24.4 Å². The summed E-state index contributed by atoms with van der Waals surface area (Å²) in [6.07, 6.45) is 1.78. The van der Waals surface area contributed by atoms with E-state index in [1.54, 1.807) is 10.9 Å². The second-order valence-electron chi connectivity index (χ2n) is 4.60. The van der Waals surface area contributed by atoms with Gasteiger partial charge in [0.1, 0.15) is 5.82 Å². The predicted molar refractivity (Wildman–Crippen MR) is 73.3 cm³/mol. The van der Waals surface area contributed by atoms with Crippen molar-refractivity contribution in [1.82, 2.24) is 14.8 Å². The highest BCUT2D eigenvalue weighted by Crippen LogP contribution is 2.27. The Kier molecular flexibility index (Phi) is 3.50. The van der Waals surface area contributed by atoms with E-state index in [0.29, 0.717) is 12.5 Å². The third-order valence-corrected chi connectivity index (χ3v) is 2.82. The molecule has 0 fully saturated rings. The molecule has 2 aromatic rings. The molecular weight excluding hydrogens is 226 g/mol. The summed E-state index contributed by atoms with van der Waals surface area (Å²) in [5.41, 5.74) is 8.74. The SMILES string of the molecule is CC(C)c1nn(C)c(NCc2ccccn2)c1N. The monoisotopic (exact) mass is 245 g/mol. The van der Waals surface area contributed by atoms with Crippen molar-refractivity contribution in [3.63, 3.8) is 0 Å². The second kappa shape index (κ2) is 5.08. The van der Waals surface area contributed by atoms with Crippen LogP contribution in [-0.2, 0) is 13.6 Å². The Morgan fingerprint density at radius 2 is 2.17 bits per heavy atom. The smallest absolute Gasteiger partial charge is 0.148 e. The molecule has 0 saturated carbocycles. The van der Waals surface area contributed by atoms with Crippen LogP contribution in [-0.4, -0.2) is 14.8 Å². The van der Waals surface area contributed by atoms with Gasteiger partial charge in [-0.1, -0.05) is 19.9 Å². The van der Waals surface area contributed by atoms with E-state index < -0.39 is 0 Å². The zero-order valence-corrected chi connectivity index (χ0v) is 11.0. The van der Waals surface area contributed by atoms with Crippen molar-refractivity contribution < 1.29 is 0 Å². The first-order valence-corrected chi connectivity index (χ1v) is 6.05. The lowest BCUT2D eigenvalue weighted by atomic mass is 10.1. The number of anilines is 2. The van der Waals surface area contributed by atoms with Gasteiger partial charge in [-0.05, 0) is 18.1 Å². The Balaban J connectivity index is 2.15. The van der Waals surface area contributed by atoms with Gasteiger partial charge >= 0.3 is 0 Å². The Hall–Kier alpha value is -2.04. The first kappa shape index (κ1) is 12.4. The van der Waals surface area contributed by atoms with Crippen LogP contribution in [0.2, 0.25) is 0 Å². The van der Waals surface area contributed by atoms with E-state index in [2.05, 4.69) is 29.2 Å². The topological polar surface area (TPSA) is 68.8 Å². The number of hydrogen-bond acceptors (Lipinski definition) is 4. The van der Waals surface area contributed by atoms with Crippen molar-refractivity contribution in [2.45, 2.75) is 26.3 Å². The van der Waals surface area contributed by atoms with E-state index in [1.807, 2.05) is 25.2 Å². The lowest BCUT2D eigenvalue weighted by Gasteiger charge is -2.07. The fourth-order valence-corrected chi connectivity index (χ4v) is 1.87. The van der Waals surface area contributed by atoms with Crippen molar-refractivity contribution in [2.75, 3.05) is 11.1 Å². The number of aromatic nitrogens is 3. The van der Waals surface area contributed by atoms with Gasteiger partial charge in [0.05, 0.1) is 23.6 Å². The third kappa shape index (κ3) is 2.45. The molecule has 96 valence electrons. The van der Waals surface area contributed by atoms with Crippen LogP contribution in [0.25, 0.3) is 0 Å². The molecular formula is C13H19N5. The summed E-state index contributed by atoms with van der Waals surface area (Å²) in [5.74, 6) is 1.17. The second-order valence-corrected chi connectivity index (χ2v) is 4.60. The highest BCUT2D eigenvalue weighted by molar-refractivity contribution is 5.65. The number of nitrogens with one attached hydrogen (secondary N) is 1. The van der Waals surface area contributed by atoms with Gasteiger partial charge in [-0.2, -0.15) is 5.10 Å². The highest BCUT2D eigenvalue weighted by Gasteiger charge is 2.15. The van der Waals surface area contributed by atoms with E-state index >= 15 is 0 Å². The lowest BCUT2D eigenvalue weighted by molar-refractivity contribution is 0.714. The van der Waals surface area contributed by atoms with Gasteiger partial charge in [-0.25, -0.2) is 0 Å². The molecule has 0 aliphatic heterocycles. The fraction of sp³-hybridized carbons (Fsp3) is 0.385. The van der Waals surface area contributed by atoms with Crippen LogP contribution in [0, 0.1) is 0 Å². The number of rotatable bonds is 4. The zero-order chi connectivity index (χ0) is 13.1. The van der Waals surface area contributed by atoms with Gasteiger partial charge in [-0.3, -0.25) is 9.67 Å². The number of nitrogen functional groups attached to an aromatic ring is 1. The van der Waals surface area contributed by atoms with Crippen LogP contribution in [0.4, 0.5) is 11.5 Å². The number of aryl methyl sites for hydroxylation is 1. The molecule has 3 N–H and O–H groups in total. The first-order valence-electron chi connectivity index (χ1n) is 6.05. The number of nitrogens with zero attached hydrogens (tertiary/aromatic N) is 3. The quantitative estimate of drug-likeness (QED) is 0.865. The van der Waals surface area contributed by atoms with Gasteiger partial charge in [0.15, 0.2) is 0 Å².